The van der Waals surface area contributed by atoms with E-state index in [1.807, 2.05) is 0 Å². The molecule has 0 N–H and O–H groups in total. The number of carbonyl (C=O) groups excluding carboxylic acids is 1. The third-order valence-corrected chi connectivity index (χ3v) is 5.29. The Balaban J connectivity index is 2.16. The first-order valence-electron chi connectivity index (χ1n) is 9.40. The van der Waals surface area contributed by atoms with Gasteiger partial charge in [0.05, 0.1) is 18.5 Å². The average Bonchev–Trinajstić information content (AvgIpc) is 2.99. The van der Waals surface area contributed by atoms with Crippen molar-refractivity contribution in [1.29, 1.82) is 0 Å². The molecule has 28 heavy (non-hydrogen) atoms. The van der Waals surface area contributed by atoms with E-state index in [4.69, 9.17) is 9.84 Å². The zero-order valence-electron chi connectivity index (χ0n) is 16.3. The van der Waals surface area contributed by atoms with Crippen molar-refractivity contribution in [3.8, 4) is 0 Å². The second-order valence-corrected chi connectivity index (χ2v) is 7.12. The van der Waals surface area contributed by atoms with Crippen molar-refractivity contribution in [1.82, 2.24) is 0 Å². The number of methoxy groups -OCH3 is 1. The Morgan fingerprint density at radius 3 is 2.50 bits per heavy atom. The van der Waals surface area contributed by atoms with Crippen LogP contribution in [0.4, 0.5) is 14.5 Å². The summed E-state index contributed by atoms with van der Waals surface area (Å²) in [7, 11) is 1.34. The standard InChI is InChI=1S/C22H24F2N2O2/c1-4-5-9-19-20(15-10-12-16(23)13-11-15)25-26(22(19,2)21(27)28-3)18-8-6-7-17(24)14-18/h6-8,10-14,19H,4-5,9H2,1-3H3. The van der Waals surface area contributed by atoms with E-state index in [1.54, 1.807) is 36.2 Å². The third kappa shape index (κ3) is 3.51. The SMILES string of the molecule is CCCCC1C(c2ccc(F)cc2)=NN(c2cccc(F)c2)C1(C)C(=O)OC. The number of ether oxygens (including phenoxy) is 1. The number of halogens is 2. The van der Waals surface area contributed by atoms with Crippen LogP contribution in [-0.2, 0) is 9.53 Å². The highest BCUT2D eigenvalue weighted by atomic mass is 19.1. The van der Waals surface area contributed by atoms with Crippen LogP contribution in [0, 0.1) is 17.6 Å². The topological polar surface area (TPSA) is 41.9 Å². The molecule has 0 saturated heterocycles. The molecule has 6 heteroatoms. The molecule has 148 valence electrons. The van der Waals surface area contributed by atoms with Gasteiger partial charge in [-0.1, -0.05) is 38.0 Å². The molecule has 2 unspecified atom stereocenters. The molecule has 1 aliphatic heterocycles. The van der Waals surface area contributed by atoms with Gasteiger partial charge < -0.3 is 4.74 Å². The zero-order valence-corrected chi connectivity index (χ0v) is 16.3. The molecule has 3 rings (SSSR count). The van der Waals surface area contributed by atoms with Crippen molar-refractivity contribution in [2.45, 2.75) is 38.6 Å². The number of carbonyl (C=O) groups is 1. The van der Waals surface area contributed by atoms with Gasteiger partial charge in [-0.15, -0.1) is 0 Å². The lowest BCUT2D eigenvalue weighted by molar-refractivity contribution is -0.147. The van der Waals surface area contributed by atoms with Crippen molar-refractivity contribution in [3.05, 3.63) is 65.7 Å². The van der Waals surface area contributed by atoms with E-state index in [0.717, 1.165) is 18.4 Å². The first-order chi connectivity index (χ1) is 13.4. The number of hydrogen-bond acceptors (Lipinski definition) is 4. The summed E-state index contributed by atoms with van der Waals surface area (Å²) in [6, 6.07) is 12.0. The Hall–Kier alpha value is -2.76. The highest BCUT2D eigenvalue weighted by Gasteiger charge is 2.54. The molecule has 0 spiro atoms. The Morgan fingerprint density at radius 2 is 1.89 bits per heavy atom. The van der Waals surface area contributed by atoms with Gasteiger partial charge in [0, 0.05) is 5.92 Å². The molecule has 0 bridgehead atoms. The molecule has 0 saturated carbocycles. The summed E-state index contributed by atoms with van der Waals surface area (Å²) in [6.07, 6.45) is 2.53. The summed E-state index contributed by atoms with van der Waals surface area (Å²) in [4.78, 5) is 12.9. The maximum absolute atomic E-state index is 13.9. The Bertz CT molecular complexity index is 882. The average molecular weight is 386 g/mol. The Kier molecular flexibility index (Phi) is 5.77. The van der Waals surface area contributed by atoms with E-state index >= 15 is 0 Å². The van der Waals surface area contributed by atoms with Crippen LogP contribution in [0.1, 0.15) is 38.7 Å². The molecule has 2 aromatic rings. The van der Waals surface area contributed by atoms with E-state index in [0.29, 0.717) is 17.8 Å². The second-order valence-electron chi connectivity index (χ2n) is 7.12. The number of esters is 1. The van der Waals surface area contributed by atoms with Crippen LogP contribution in [-0.4, -0.2) is 24.3 Å². The maximum atomic E-state index is 13.9. The monoisotopic (exact) mass is 386 g/mol. The van der Waals surface area contributed by atoms with E-state index in [2.05, 4.69) is 6.92 Å². The summed E-state index contributed by atoms with van der Waals surface area (Å²) in [6.45, 7) is 3.84. The summed E-state index contributed by atoms with van der Waals surface area (Å²) < 4.78 is 32.4. The first kappa shape index (κ1) is 20.0. The fraction of sp³-hybridized carbons (Fsp3) is 0.364. The quantitative estimate of drug-likeness (QED) is 0.661. The van der Waals surface area contributed by atoms with E-state index in [1.165, 1.54) is 31.4 Å². The second kappa shape index (κ2) is 8.09. The van der Waals surface area contributed by atoms with Gasteiger partial charge >= 0.3 is 5.97 Å². The van der Waals surface area contributed by atoms with Crippen molar-refractivity contribution in [2.24, 2.45) is 11.0 Å². The van der Waals surface area contributed by atoms with Gasteiger partial charge in [-0.25, -0.2) is 18.6 Å². The molecule has 0 amide bonds. The largest absolute Gasteiger partial charge is 0.467 e. The molecule has 0 radical (unpaired) electrons. The van der Waals surface area contributed by atoms with E-state index in [-0.39, 0.29) is 11.7 Å². The van der Waals surface area contributed by atoms with Crippen molar-refractivity contribution in [2.75, 3.05) is 12.1 Å². The number of anilines is 1. The molecule has 2 aromatic carbocycles. The lowest BCUT2D eigenvalue weighted by Gasteiger charge is -2.36. The molecule has 1 heterocycles. The van der Waals surface area contributed by atoms with Gasteiger partial charge in [0.15, 0.2) is 5.54 Å². The third-order valence-electron chi connectivity index (χ3n) is 5.29. The minimum atomic E-state index is -1.14. The zero-order chi connectivity index (χ0) is 20.3. The Morgan fingerprint density at radius 1 is 1.18 bits per heavy atom. The normalized spacial score (nSPS) is 21.5. The molecule has 2 atom stereocenters. The Labute approximate surface area is 163 Å². The molecule has 0 aromatic heterocycles. The number of unbranched alkanes of at least 4 members (excludes halogenated alkanes) is 1. The summed E-state index contributed by atoms with van der Waals surface area (Å²) in [5.74, 6) is -1.49. The van der Waals surface area contributed by atoms with Gasteiger partial charge in [0.2, 0.25) is 0 Å². The van der Waals surface area contributed by atoms with Gasteiger partial charge in [-0.2, -0.15) is 5.10 Å². The fourth-order valence-corrected chi connectivity index (χ4v) is 3.77. The number of nitrogens with zero attached hydrogens (tertiary/aromatic N) is 2. The molecule has 0 fully saturated rings. The molecule has 0 aliphatic carbocycles. The fourth-order valence-electron chi connectivity index (χ4n) is 3.77. The lowest BCUT2D eigenvalue weighted by Crippen LogP contribution is -2.53. The van der Waals surface area contributed by atoms with Gasteiger partial charge in [-0.3, -0.25) is 0 Å². The van der Waals surface area contributed by atoms with Crippen LogP contribution in [0.5, 0.6) is 0 Å². The number of hydrogen-bond donors (Lipinski definition) is 0. The van der Waals surface area contributed by atoms with Crippen molar-refractivity contribution < 1.29 is 18.3 Å². The summed E-state index contributed by atoms with van der Waals surface area (Å²) in [5.41, 5.74) is 0.732. The highest BCUT2D eigenvalue weighted by molar-refractivity contribution is 6.09. The number of rotatable bonds is 6. The molecule has 1 aliphatic rings. The van der Waals surface area contributed by atoms with Crippen LogP contribution in [0.2, 0.25) is 0 Å². The summed E-state index contributed by atoms with van der Waals surface area (Å²) in [5, 5.41) is 6.26. The highest BCUT2D eigenvalue weighted by Crippen LogP contribution is 2.42. The number of benzene rings is 2. The lowest BCUT2D eigenvalue weighted by atomic mass is 9.77. The number of hydrazone groups is 1. The van der Waals surface area contributed by atoms with Gasteiger partial charge in [-0.05, 0) is 49.2 Å². The predicted octanol–water partition coefficient (Wildman–Crippen LogP) is 4.93. The van der Waals surface area contributed by atoms with E-state index in [9.17, 15) is 13.6 Å². The van der Waals surface area contributed by atoms with Gasteiger partial charge in [0.25, 0.3) is 0 Å². The molecule has 4 nitrogen and oxygen atoms in total. The van der Waals surface area contributed by atoms with Crippen molar-refractivity contribution in [3.63, 3.8) is 0 Å². The van der Waals surface area contributed by atoms with E-state index < -0.39 is 17.3 Å². The smallest absolute Gasteiger partial charge is 0.334 e. The van der Waals surface area contributed by atoms with Crippen LogP contribution >= 0.6 is 0 Å². The molecular weight excluding hydrogens is 362 g/mol. The predicted molar refractivity (Wildman–Crippen MR) is 105 cm³/mol. The molecular formula is C22H24F2N2O2. The maximum Gasteiger partial charge on any atom is 0.334 e. The van der Waals surface area contributed by atoms with Crippen molar-refractivity contribution >= 4 is 17.4 Å². The first-order valence-corrected chi connectivity index (χ1v) is 9.40. The van der Waals surface area contributed by atoms with Crippen LogP contribution in [0.15, 0.2) is 53.6 Å². The van der Waals surface area contributed by atoms with Crippen LogP contribution in [0.3, 0.4) is 0 Å². The van der Waals surface area contributed by atoms with Gasteiger partial charge in [0.1, 0.15) is 11.6 Å². The minimum Gasteiger partial charge on any atom is -0.467 e. The van der Waals surface area contributed by atoms with Crippen LogP contribution in [0.25, 0.3) is 0 Å². The minimum absolute atomic E-state index is 0.284. The summed E-state index contributed by atoms with van der Waals surface area (Å²) >= 11 is 0. The van der Waals surface area contributed by atoms with Crippen LogP contribution < -0.4 is 5.01 Å².